The number of amides is 1. The lowest BCUT2D eigenvalue weighted by atomic mass is 10.1. The fraction of sp³-hybridized carbons (Fsp3) is 0.350. The molecule has 0 spiro atoms. The predicted molar refractivity (Wildman–Crippen MR) is 103 cm³/mol. The summed E-state index contributed by atoms with van der Waals surface area (Å²) in [7, 11) is 0. The van der Waals surface area contributed by atoms with E-state index >= 15 is 0 Å². The number of morpholine rings is 1. The molecule has 0 aromatic heterocycles. The summed E-state index contributed by atoms with van der Waals surface area (Å²) in [6.45, 7) is 5.49. The first-order chi connectivity index (χ1) is 12.4. The zero-order chi connectivity index (χ0) is 18.7. The molecule has 3 rings (SSSR count). The Hall–Kier alpha value is -1.75. The van der Waals surface area contributed by atoms with Crippen LogP contribution in [0.1, 0.15) is 29.8 Å². The van der Waals surface area contributed by atoms with Gasteiger partial charge in [-0.25, -0.2) is 0 Å². The maximum atomic E-state index is 12.8. The van der Waals surface area contributed by atoms with Crippen LogP contribution in [0.15, 0.2) is 42.5 Å². The summed E-state index contributed by atoms with van der Waals surface area (Å²) in [5, 5.41) is 1.00. The van der Waals surface area contributed by atoms with Gasteiger partial charge in [-0.1, -0.05) is 35.3 Å². The molecule has 4 nitrogen and oxygen atoms in total. The minimum absolute atomic E-state index is 0.00742. The largest absolute Gasteiger partial charge is 0.489 e. The molecule has 6 heteroatoms. The van der Waals surface area contributed by atoms with Crippen LogP contribution in [-0.2, 0) is 11.3 Å². The lowest BCUT2D eigenvalue weighted by Crippen LogP contribution is -2.48. The van der Waals surface area contributed by atoms with Crippen molar-refractivity contribution in [1.82, 2.24) is 4.90 Å². The molecule has 1 aliphatic heterocycles. The first kappa shape index (κ1) is 19.0. The Kier molecular flexibility index (Phi) is 6.07. The highest BCUT2D eigenvalue weighted by molar-refractivity contribution is 6.42. The van der Waals surface area contributed by atoms with Gasteiger partial charge in [0.2, 0.25) is 0 Å². The zero-order valence-electron chi connectivity index (χ0n) is 14.7. The number of carbonyl (C=O) groups is 1. The Morgan fingerprint density at radius 2 is 1.85 bits per heavy atom. The third-order valence-electron chi connectivity index (χ3n) is 4.18. The lowest BCUT2D eigenvalue weighted by molar-refractivity contribution is -0.0586. The summed E-state index contributed by atoms with van der Waals surface area (Å²) >= 11 is 11.9. The minimum atomic E-state index is -0.00742. The summed E-state index contributed by atoms with van der Waals surface area (Å²) in [6, 6.07) is 12.6. The summed E-state index contributed by atoms with van der Waals surface area (Å²) in [6.07, 6.45) is 0.0774. The molecule has 1 fully saturated rings. The molecule has 1 aliphatic rings. The third-order valence-corrected chi connectivity index (χ3v) is 4.92. The first-order valence-corrected chi connectivity index (χ1v) is 9.29. The summed E-state index contributed by atoms with van der Waals surface area (Å²) in [5.74, 6) is 0.628. The molecule has 2 atom stereocenters. The maximum Gasteiger partial charge on any atom is 0.254 e. The predicted octanol–water partition coefficient (Wildman–Crippen LogP) is 4.82. The van der Waals surface area contributed by atoms with Crippen molar-refractivity contribution >= 4 is 29.1 Å². The maximum absolute atomic E-state index is 12.8. The second-order valence-corrected chi connectivity index (χ2v) is 7.35. The van der Waals surface area contributed by atoms with Crippen LogP contribution in [0.25, 0.3) is 0 Å². The molecule has 2 aromatic rings. The molecule has 26 heavy (non-hydrogen) atoms. The second kappa shape index (κ2) is 8.30. The molecule has 0 N–H and O–H groups in total. The molecule has 0 saturated carbocycles. The van der Waals surface area contributed by atoms with Gasteiger partial charge in [0.25, 0.3) is 5.91 Å². The standard InChI is InChI=1S/C20H21Cl2NO3/c1-13-10-23(11-14(2)26-13)20(24)16-4-3-5-17(9-16)25-12-15-6-7-18(21)19(22)8-15/h3-9,13-14H,10-12H2,1-2H3/t13-,14-/m1/s1. The van der Waals surface area contributed by atoms with Crippen LogP contribution in [0.5, 0.6) is 5.75 Å². The number of halogens is 2. The molecular formula is C20H21Cl2NO3. The van der Waals surface area contributed by atoms with Gasteiger partial charge in [0.1, 0.15) is 12.4 Å². The molecule has 1 amide bonds. The minimum Gasteiger partial charge on any atom is -0.489 e. The van der Waals surface area contributed by atoms with Crippen LogP contribution in [0.3, 0.4) is 0 Å². The fourth-order valence-electron chi connectivity index (χ4n) is 3.04. The van der Waals surface area contributed by atoms with Crippen LogP contribution in [-0.4, -0.2) is 36.1 Å². The van der Waals surface area contributed by atoms with Crippen LogP contribution >= 0.6 is 23.2 Å². The van der Waals surface area contributed by atoms with E-state index in [1.165, 1.54) is 0 Å². The van der Waals surface area contributed by atoms with Crippen molar-refractivity contribution in [1.29, 1.82) is 0 Å². The monoisotopic (exact) mass is 393 g/mol. The smallest absolute Gasteiger partial charge is 0.254 e. The Balaban J connectivity index is 1.67. The van der Waals surface area contributed by atoms with E-state index in [0.29, 0.717) is 41.1 Å². The third kappa shape index (κ3) is 4.70. The molecule has 0 radical (unpaired) electrons. The van der Waals surface area contributed by atoms with Gasteiger partial charge in [-0.2, -0.15) is 0 Å². The number of carbonyl (C=O) groups excluding carboxylic acids is 1. The number of hydrogen-bond donors (Lipinski definition) is 0. The molecule has 138 valence electrons. The van der Waals surface area contributed by atoms with Crippen molar-refractivity contribution in [3.8, 4) is 5.75 Å². The van der Waals surface area contributed by atoms with E-state index in [2.05, 4.69) is 0 Å². The van der Waals surface area contributed by atoms with E-state index in [1.807, 2.05) is 36.9 Å². The van der Waals surface area contributed by atoms with E-state index in [-0.39, 0.29) is 18.1 Å². The highest BCUT2D eigenvalue weighted by Gasteiger charge is 2.26. The van der Waals surface area contributed by atoms with Gasteiger partial charge in [-0.15, -0.1) is 0 Å². The van der Waals surface area contributed by atoms with Crippen molar-refractivity contribution in [2.75, 3.05) is 13.1 Å². The number of nitrogens with zero attached hydrogens (tertiary/aromatic N) is 1. The summed E-state index contributed by atoms with van der Waals surface area (Å²) in [4.78, 5) is 14.6. The average molecular weight is 394 g/mol. The Morgan fingerprint density at radius 1 is 1.12 bits per heavy atom. The Morgan fingerprint density at radius 3 is 2.54 bits per heavy atom. The van der Waals surface area contributed by atoms with Crippen LogP contribution in [0.4, 0.5) is 0 Å². The number of benzene rings is 2. The number of ether oxygens (including phenoxy) is 2. The first-order valence-electron chi connectivity index (χ1n) is 8.54. The van der Waals surface area contributed by atoms with E-state index < -0.39 is 0 Å². The fourth-order valence-corrected chi connectivity index (χ4v) is 3.36. The lowest BCUT2D eigenvalue weighted by Gasteiger charge is -2.35. The van der Waals surface area contributed by atoms with Gasteiger partial charge >= 0.3 is 0 Å². The van der Waals surface area contributed by atoms with Crippen molar-refractivity contribution in [2.24, 2.45) is 0 Å². The highest BCUT2D eigenvalue weighted by atomic mass is 35.5. The molecule has 2 aromatic carbocycles. The quantitative estimate of drug-likeness (QED) is 0.746. The van der Waals surface area contributed by atoms with E-state index in [1.54, 1.807) is 24.3 Å². The van der Waals surface area contributed by atoms with E-state index in [4.69, 9.17) is 32.7 Å². The second-order valence-electron chi connectivity index (χ2n) is 6.53. The van der Waals surface area contributed by atoms with Gasteiger partial charge in [-0.05, 0) is 49.7 Å². The normalized spacial score (nSPS) is 20.1. The molecule has 0 unspecified atom stereocenters. The summed E-state index contributed by atoms with van der Waals surface area (Å²) < 4.78 is 11.5. The SMILES string of the molecule is C[C@@H]1CN(C(=O)c2cccc(OCc3ccc(Cl)c(Cl)c3)c2)C[C@@H](C)O1. The Bertz CT molecular complexity index is 786. The number of hydrogen-bond acceptors (Lipinski definition) is 3. The number of rotatable bonds is 4. The molecule has 1 heterocycles. The summed E-state index contributed by atoms with van der Waals surface area (Å²) in [5.41, 5.74) is 1.52. The van der Waals surface area contributed by atoms with Crippen LogP contribution in [0.2, 0.25) is 10.0 Å². The van der Waals surface area contributed by atoms with Gasteiger partial charge in [0, 0.05) is 18.7 Å². The molecule has 0 bridgehead atoms. The van der Waals surface area contributed by atoms with Gasteiger partial charge in [0.15, 0.2) is 0 Å². The van der Waals surface area contributed by atoms with Crippen LogP contribution in [0, 0.1) is 0 Å². The van der Waals surface area contributed by atoms with Crippen LogP contribution < -0.4 is 4.74 Å². The van der Waals surface area contributed by atoms with Gasteiger partial charge in [0.05, 0.1) is 22.3 Å². The van der Waals surface area contributed by atoms with Gasteiger partial charge in [-0.3, -0.25) is 4.79 Å². The highest BCUT2D eigenvalue weighted by Crippen LogP contribution is 2.24. The van der Waals surface area contributed by atoms with Crippen molar-refractivity contribution in [2.45, 2.75) is 32.7 Å². The Labute approximate surface area is 163 Å². The van der Waals surface area contributed by atoms with Crippen molar-refractivity contribution in [3.05, 3.63) is 63.6 Å². The zero-order valence-corrected chi connectivity index (χ0v) is 16.3. The average Bonchev–Trinajstić information content (AvgIpc) is 2.61. The topological polar surface area (TPSA) is 38.8 Å². The van der Waals surface area contributed by atoms with Gasteiger partial charge < -0.3 is 14.4 Å². The molecule has 1 saturated heterocycles. The van der Waals surface area contributed by atoms with Crippen molar-refractivity contribution < 1.29 is 14.3 Å². The molecular weight excluding hydrogens is 373 g/mol. The van der Waals surface area contributed by atoms with E-state index in [9.17, 15) is 4.79 Å². The molecule has 0 aliphatic carbocycles. The van der Waals surface area contributed by atoms with Crippen molar-refractivity contribution in [3.63, 3.8) is 0 Å². The van der Waals surface area contributed by atoms with E-state index in [0.717, 1.165) is 5.56 Å².